The summed E-state index contributed by atoms with van der Waals surface area (Å²) < 4.78 is 4.87. The third-order valence-corrected chi connectivity index (χ3v) is 6.54. The summed E-state index contributed by atoms with van der Waals surface area (Å²) in [5, 5.41) is 18.1. The van der Waals surface area contributed by atoms with E-state index in [1.54, 1.807) is 6.20 Å². The number of aromatic nitrogens is 3. The molecule has 170 valence electrons. The van der Waals surface area contributed by atoms with E-state index in [2.05, 4.69) is 42.6 Å². The van der Waals surface area contributed by atoms with Crippen molar-refractivity contribution in [2.45, 2.75) is 18.9 Å². The van der Waals surface area contributed by atoms with Gasteiger partial charge in [0.15, 0.2) is 5.82 Å². The molecule has 1 aliphatic heterocycles. The maximum atomic E-state index is 12.0. The Balaban J connectivity index is 1.37. The monoisotopic (exact) mass is 464 g/mol. The van der Waals surface area contributed by atoms with Crippen molar-refractivity contribution in [2.75, 3.05) is 35.7 Å². The highest BCUT2D eigenvalue weighted by Gasteiger charge is 2.18. The Bertz CT molecular complexity index is 1260. The summed E-state index contributed by atoms with van der Waals surface area (Å²) >= 11 is 1.30. The fourth-order valence-electron chi connectivity index (χ4n) is 3.89. The molecule has 1 saturated heterocycles. The molecule has 10 heteroatoms. The van der Waals surface area contributed by atoms with E-state index in [9.17, 15) is 9.90 Å². The molecular weight excluding hydrogens is 440 g/mol. The van der Waals surface area contributed by atoms with Crippen LogP contribution in [0, 0.1) is 0 Å². The molecule has 0 saturated carbocycles. The Morgan fingerprint density at radius 2 is 1.94 bits per heavy atom. The number of nitrogens with one attached hydrogen (secondary N) is 3. The van der Waals surface area contributed by atoms with Crippen molar-refractivity contribution >= 4 is 57.2 Å². The Morgan fingerprint density at radius 1 is 1.15 bits per heavy atom. The van der Waals surface area contributed by atoms with Crippen LogP contribution in [0.4, 0.5) is 28.8 Å². The molecule has 0 bridgehead atoms. The number of esters is 1. The summed E-state index contributed by atoms with van der Waals surface area (Å²) in [6.45, 7) is 1.71. The van der Waals surface area contributed by atoms with Crippen LogP contribution < -0.4 is 15.5 Å². The molecule has 1 aromatic carbocycles. The molecule has 0 spiro atoms. The maximum absolute atomic E-state index is 12.0. The van der Waals surface area contributed by atoms with Gasteiger partial charge in [0.05, 0.1) is 24.4 Å². The zero-order valence-electron chi connectivity index (χ0n) is 18.0. The van der Waals surface area contributed by atoms with Crippen molar-refractivity contribution in [1.82, 2.24) is 15.0 Å². The lowest BCUT2D eigenvalue weighted by molar-refractivity contribution is 0.0607. The normalized spacial score (nSPS) is 14.4. The van der Waals surface area contributed by atoms with Gasteiger partial charge >= 0.3 is 5.97 Å². The van der Waals surface area contributed by atoms with Crippen LogP contribution in [-0.4, -0.2) is 52.3 Å². The standard InChI is InChI=1S/C23H24N6O3S/c1-32-22(31)20-18(9-13-33-20)26-21-19-17(6-10-24-19)27-23(28-21)25-14-2-4-15(5-3-14)29-11-7-16(30)8-12-29/h2-6,9-10,13,16,24,30H,7-8,11-12H2,1H3,(H2,25,26,27,28). The minimum absolute atomic E-state index is 0.191. The van der Waals surface area contributed by atoms with Crippen molar-refractivity contribution < 1.29 is 14.6 Å². The van der Waals surface area contributed by atoms with Gasteiger partial charge in [-0.2, -0.15) is 4.98 Å². The third kappa shape index (κ3) is 4.48. The molecule has 4 aromatic rings. The van der Waals surface area contributed by atoms with Gasteiger partial charge in [-0.15, -0.1) is 11.3 Å². The molecule has 5 rings (SSSR count). The highest BCUT2D eigenvalue weighted by molar-refractivity contribution is 7.12. The van der Waals surface area contributed by atoms with Crippen molar-refractivity contribution in [3.8, 4) is 0 Å². The third-order valence-electron chi connectivity index (χ3n) is 5.65. The number of thiophene rings is 1. The summed E-state index contributed by atoms with van der Waals surface area (Å²) in [5.41, 5.74) is 4.11. The van der Waals surface area contributed by atoms with E-state index < -0.39 is 5.97 Å². The average molecular weight is 465 g/mol. The number of nitrogens with zero attached hydrogens (tertiary/aromatic N) is 3. The van der Waals surface area contributed by atoms with Gasteiger partial charge in [0.2, 0.25) is 5.95 Å². The molecule has 0 amide bonds. The first-order valence-electron chi connectivity index (χ1n) is 10.7. The quantitative estimate of drug-likeness (QED) is 0.313. The van der Waals surface area contributed by atoms with Crippen LogP contribution in [0.15, 0.2) is 48.0 Å². The Hall–Kier alpha value is -3.63. The number of rotatable bonds is 6. The van der Waals surface area contributed by atoms with Gasteiger partial charge in [-0.1, -0.05) is 0 Å². The molecule has 0 radical (unpaired) electrons. The summed E-state index contributed by atoms with van der Waals surface area (Å²) in [6, 6.07) is 11.8. The highest BCUT2D eigenvalue weighted by Crippen LogP contribution is 2.30. The first-order chi connectivity index (χ1) is 16.1. The fourth-order valence-corrected chi connectivity index (χ4v) is 4.65. The molecule has 3 aromatic heterocycles. The fraction of sp³-hybridized carbons (Fsp3) is 0.261. The van der Waals surface area contributed by atoms with Crippen LogP contribution in [0.1, 0.15) is 22.5 Å². The molecule has 9 nitrogen and oxygen atoms in total. The molecule has 1 aliphatic rings. The second kappa shape index (κ2) is 9.08. The van der Waals surface area contributed by atoms with Crippen molar-refractivity contribution in [3.05, 3.63) is 52.9 Å². The molecule has 1 fully saturated rings. The first-order valence-corrected chi connectivity index (χ1v) is 11.6. The number of hydrogen-bond donors (Lipinski definition) is 4. The van der Waals surface area contributed by atoms with Crippen molar-refractivity contribution in [1.29, 1.82) is 0 Å². The number of H-pyrrole nitrogens is 1. The van der Waals surface area contributed by atoms with Crippen LogP contribution in [0.25, 0.3) is 11.0 Å². The van der Waals surface area contributed by atoms with E-state index in [0.717, 1.165) is 48.3 Å². The molecule has 33 heavy (non-hydrogen) atoms. The lowest BCUT2D eigenvalue weighted by Crippen LogP contribution is -2.35. The largest absolute Gasteiger partial charge is 0.465 e. The number of piperidine rings is 1. The predicted octanol–water partition coefficient (Wildman–Crippen LogP) is 4.25. The smallest absolute Gasteiger partial charge is 0.350 e. The number of methoxy groups -OCH3 is 1. The van der Waals surface area contributed by atoms with E-state index in [-0.39, 0.29) is 6.10 Å². The van der Waals surface area contributed by atoms with Crippen LogP contribution >= 0.6 is 11.3 Å². The molecule has 0 atom stereocenters. The maximum Gasteiger partial charge on any atom is 0.350 e. The zero-order chi connectivity index (χ0) is 22.8. The summed E-state index contributed by atoms with van der Waals surface area (Å²) in [6.07, 6.45) is 3.20. The number of hydrogen-bond acceptors (Lipinski definition) is 9. The van der Waals surface area contributed by atoms with E-state index in [1.807, 2.05) is 29.6 Å². The minimum Gasteiger partial charge on any atom is -0.465 e. The number of benzene rings is 1. The van der Waals surface area contributed by atoms with Gasteiger partial charge < -0.3 is 30.4 Å². The summed E-state index contributed by atoms with van der Waals surface area (Å²) in [5.74, 6) is 0.596. The first kappa shape index (κ1) is 21.2. The number of carbonyl (C=O) groups excluding carboxylic acids is 1. The van der Waals surface area contributed by atoms with Gasteiger partial charge in [-0.05, 0) is 54.6 Å². The van der Waals surface area contributed by atoms with E-state index >= 15 is 0 Å². The average Bonchev–Trinajstić information content (AvgIpc) is 3.49. The molecular formula is C23H24N6O3S. The molecule has 0 aliphatic carbocycles. The summed E-state index contributed by atoms with van der Waals surface area (Å²) in [7, 11) is 1.36. The SMILES string of the molecule is COC(=O)c1sccc1Nc1nc(Nc2ccc(N3CCC(O)CC3)cc2)nc2cc[nH]c12. The second-order valence-corrected chi connectivity index (χ2v) is 8.72. The van der Waals surface area contributed by atoms with Crippen molar-refractivity contribution in [3.63, 3.8) is 0 Å². The lowest BCUT2D eigenvalue weighted by Gasteiger charge is -2.31. The number of aliphatic hydroxyl groups is 1. The van der Waals surface area contributed by atoms with Gasteiger partial charge in [0, 0.05) is 30.7 Å². The molecule has 0 unspecified atom stereocenters. The van der Waals surface area contributed by atoms with Crippen LogP contribution in [-0.2, 0) is 4.74 Å². The van der Waals surface area contributed by atoms with Crippen LogP contribution in [0.2, 0.25) is 0 Å². The number of aliphatic hydroxyl groups excluding tert-OH is 1. The Labute approximate surface area is 194 Å². The van der Waals surface area contributed by atoms with Gasteiger partial charge in [0.25, 0.3) is 0 Å². The summed E-state index contributed by atoms with van der Waals surface area (Å²) in [4.78, 5) is 27.2. The topological polar surface area (TPSA) is 115 Å². The zero-order valence-corrected chi connectivity index (χ0v) is 18.9. The van der Waals surface area contributed by atoms with E-state index in [0.29, 0.717) is 22.3 Å². The number of ether oxygens (including phenoxy) is 1. The number of anilines is 5. The molecule has 4 heterocycles. The number of fused-ring (bicyclic) bond motifs is 1. The highest BCUT2D eigenvalue weighted by atomic mass is 32.1. The predicted molar refractivity (Wildman–Crippen MR) is 130 cm³/mol. The second-order valence-electron chi connectivity index (χ2n) is 7.80. The minimum atomic E-state index is -0.397. The number of carbonyl (C=O) groups is 1. The Morgan fingerprint density at radius 3 is 2.70 bits per heavy atom. The van der Waals surface area contributed by atoms with Crippen molar-refractivity contribution in [2.24, 2.45) is 0 Å². The van der Waals surface area contributed by atoms with E-state index in [1.165, 1.54) is 18.4 Å². The van der Waals surface area contributed by atoms with Crippen LogP contribution in [0.5, 0.6) is 0 Å². The number of aromatic amines is 1. The van der Waals surface area contributed by atoms with E-state index in [4.69, 9.17) is 4.74 Å². The Kier molecular flexibility index (Phi) is 5.84. The van der Waals surface area contributed by atoms with Gasteiger partial charge in [0.1, 0.15) is 10.4 Å². The van der Waals surface area contributed by atoms with Gasteiger partial charge in [-0.3, -0.25) is 0 Å². The lowest BCUT2D eigenvalue weighted by atomic mass is 10.1. The van der Waals surface area contributed by atoms with Gasteiger partial charge in [-0.25, -0.2) is 9.78 Å². The molecule has 4 N–H and O–H groups in total. The van der Waals surface area contributed by atoms with Crippen LogP contribution in [0.3, 0.4) is 0 Å².